The van der Waals surface area contributed by atoms with Crippen LogP contribution in [0.3, 0.4) is 0 Å². The molecule has 0 heterocycles. The van der Waals surface area contributed by atoms with Crippen LogP contribution >= 0.6 is 0 Å². The second kappa shape index (κ2) is 11.4. The fraction of sp³-hybridized carbons (Fsp3) is 0.478. The summed E-state index contributed by atoms with van der Waals surface area (Å²) in [5.41, 5.74) is 4.12. The van der Waals surface area contributed by atoms with Gasteiger partial charge in [0.1, 0.15) is 6.10 Å². The lowest BCUT2D eigenvalue weighted by Gasteiger charge is -2.20. The maximum Gasteiger partial charge on any atom is 0.333 e. The Bertz CT molecular complexity index is 679. The highest BCUT2D eigenvalue weighted by Crippen LogP contribution is 2.24. The Hall–Kier alpha value is -2.36. The van der Waals surface area contributed by atoms with E-state index in [0.717, 1.165) is 6.42 Å². The number of esters is 2. The molecule has 0 aliphatic carbocycles. The Morgan fingerprint density at radius 3 is 2.26 bits per heavy atom. The molecular formula is C23H32O4. The van der Waals surface area contributed by atoms with Gasteiger partial charge in [0.25, 0.3) is 0 Å². The van der Waals surface area contributed by atoms with Gasteiger partial charge >= 0.3 is 11.9 Å². The van der Waals surface area contributed by atoms with Crippen molar-refractivity contribution >= 4 is 11.9 Å². The van der Waals surface area contributed by atoms with Crippen molar-refractivity contribution in [1.29, 1.82) is 0 Å². The molecule has 0 N–H and O–H groups in total. The molecule has 0 fully saturated rings. The molecule has 4 heteroatoms. The van der Waals surface area contributed by atoms with Gasteiger partial charge in [0.2, 0.25) is 0 Å². The average molecular weight is 373 g/mol. The lowest BCUT2D eigenvalue weighted by atomic mass is 9.93. The van der Waals surface area contributed by atoms with Gasteiger partial charge in [-0.25, -0.2) is 4.79 Å². The molecule has 0 saturated carbocycles. The molecule has 0 aromatic heterocycles. The Balaban J connectivity index is 3.00. The van der Waals surface area contributed by atoms with Gasteiger partial charge in [0.15, 0.2) is 0 Å². The predicted molar refractivity (Wildman–Crippen MR) is 109 cm³/mol. The van der Waals surface area contributed by atoms with Crippen molar-refractivity contribution in [3.05, 3.63) is 58.7 Å². The molecular weight excluding hydrogens is 340 g/mol. The third-order valence-corrected chi connectivity index (χ3v) is 4.35. The van der Waals surface area contributed by atoms with Gasteiger partial charge in [0, 0.05) is 12.5 Å². The molecule has 4 nitrogen and oxygen atoms in total. The standard InChI is InChI=1S/C23H32O4/c1-16(2)8-7-9-21(23(25)26-6)15-22(27-19(5)24)14-18(4)20-12-10-17(3)11-13-20/h8,10-13,15,18,22H,7,9,14H2,1-6H3/b21-15+/t18-,22-/m1/s1. The first-order valence-corrected chi connectivity index (χ1v) is 9.39. The fourth-order valence-corrected chi connectivity index (χ4v) is 2.87. The maximum absolute atomic E-state index is 12.2. The van der Waals surface area contributed by atoms with Crippen molar-refractivity contribution in [2.45, 2.75) is 65.9 Å². The van der Waals surface area contributed by atoms with E-state index < -0.39 is 6.10 Å². The van der Waals surface area contributed by atoms with Crippen molar-refractivity contribution in [2.75, 3.05) is 7.11 Å². The SMILES string of the molecule is COC(=O)/C(=C/[C@@H](C[C@@H](C)c1ccc(C)cc1)OC(C)=O)CCC=C(C)C. The van der Waals surface area contributed by atoms with E-state index in [0.29, 0.717) is 18.4 Å². The number of ether oxygens (including phenoxy) is 2. The number of carbonyl (C=O) groups excluding carboxylic acids is 2. The molecule has 0 bridgehead atoms. The third kappa shape index (κ3) is 8.72. The van der Waals surface area contributed by atoms with Crippen LogP contribution in [0.4, 0.5) is 0 Å². The van der Waals surface area contributed by atoms with E-state index in [1.54, 1.807) is 6.08 Å². The van der Waals surface area contributed by atoms with Crippen LogP contribution in [0, 0.1) is 6.92 Å². The summed E-state index contributed by atoms with van der Waals surface area (Å²) in [5.74, 6) is -0.555. The second-order valence-electron chi connectivity index (χ2n) is 7.20. The van der Waals surface area contributed by atoms with E-state index in [2.05, 4.69) is 37.3 Å². The van der Waals surface area contributed by atoms with Crippen LogP contribution in [-0.4, -0.2) is 25.2 Å². The van der Waals surface area contributed by atoms with Gasteiger partial charge in [-0.3, -0.25) is 4.79 Å². The number of aryl methyl sites for hydroxylation is 1. The summed E-state index contributed by atoms with van der Waals surface area (Å²) < 4.78 is 10.4. The molecule has 0 saturated heterocycles. The summed E-state index contributed by atoms with van der Waals surface area (Å²) in [4.78, 5) is 23.7. The second-order valence-corrected chi connectivity index (χ2v) is 7.20. The fourth-order valence-electron chi connectivity index (χ4n) is 2.87. The van der Waals surface area contributed by atoms with Crippen LogP contribution in [0.1, 0.15) is 64.0 Å². The van der Waals surface area contributed by atoms with Gasteiger partial charge in [-0.2, -0.15) is 0 Å². The Kier molecular flexibility index (Phi) is 9.55. The minimum Gasteiger partial charge on any atom is -0.466 e. The van der Waals surface area contributed by atoms with E-state index in [1.807, 2.05) is 20.8 Å². The summed E-state index contributed by atoms with van der Waals surface area (Å²) in [6, 6.07) is 8.32. The van der Waals surface area contributed by atoms with Crippen molar-refractivity contribution in [2.24, 2.45) is 0 Å². The number of hydrogen-bond acceptors (Lipinski definition) is 4. The van der Waals surface area contributed by atoms with E-state index in [9.17, 15) is 9.59 Å². The van der Waals surface area contributed by atoms with Crippen molar-refractivity contribution < 1.29 is 19.1 Å². The van der Waals surface area contributed by atoms with Crippen molar-refractivity contribution in [3.8, 4) is 0 Å². The molecule has 27 heavy (non-hydrogen) atoms. The smallest absolute Gasteiger partial charge is 0.333 e. The van der Waals surface area contributed by atoms with E-state index >= 15 is 0 Å². The number of benzene rings is 1. The van der Waals surface area contributed by atoms with Gasteiger partial charge in [-0.15, -0.1) is 0 Å². The highest BCUT2D eigenvalue weighted by Gasteiger charge is 2.19. The first kappa shape index (κ1) is 22.7. The first-order valence-electron chi connectivity index (χ1n) is 9.39. The minimum atomic E-state index is -0.473. The van der Waals surface area contributed by atoms with E-state index in [1.165, 1.54) is 30.7 Å². The van der Waals surface area contributed by atoms with E-state index in [-0.39, 0.29) is 17.9 Å². The minimum absolute atomic E-state index is 0.183. The predicted octanol–water partition coefficient (Wildman–Crippen LogP) is 5.27. The summed E-state index contributed by atoms with van der Waals surface area (Å²) in [6.07, 6.45) is 5.24. The van der Waals surface area contributed by atoms with Gasteiger partial charge in [-0.05, 0) is 57.6 Å². The normalized spacial score (nSPS) is 13.5. The molecule has 0 aliphatic heterocycles. The third-order valence-electron chi connectivity index (χ3n) is 4.35. The lowest BCUT2D eigenvalue weighted by molar-refractivity contribution is -0.145. The number of carbonyl (C=O) groups is 2. The number of rotatable bonds is 9. The average Bonchev–Trinajstić information content (AvgIpc) is 2.59. The molecule has 0 radical (unpaired) electrons. The summed E-state index contributed by atoms with van der Waals surface area (Å²) in [7, 11) is 1.37. The Labute approximate surface area is 163 Å². The van der Waals surface area contributed by atoms with Crippen molar-refractivity contribution in [1.82, 2.24) is 0 Å². The first-order chi connectivity index (χ1) is 12.7. The zero-order valence-corrected chi connectivity index (χ0v) is 17.4. The summed E-state index contributed by atoms with van der Waals surface area (Å²) in [6.45, 7) is 9.57. The topological polar surface area (TPSA) is 52.6 Å². The molecule has 0 spiro atoms. The van der Waals surface area contributed by atoms with Gasteiger partial charge < -0.3 is 9.47 Å². The largest absolute Gasteiger partial charge is 0.466 e. The number of hydrogen-bond donors (Lipinski definition) is 0. The maximum atomic E-state index is 12.2. The van der Waals surface area contributed by atoms with Crippen LogP contribution < -0.4 is 0 Å². The Morgan fingerprint density at radius 2 is 1.74 bits per heavy atom. The lowest BCUT2D eigenvalue weighted by Crippen LogP contribution is -2.19. The summed E-state index contributed by atoms with van der Waals surface area (Å²) in [5, 5.41) is 0. The summed E-state index contributed by atoms with van der Waals surface area (Å²) >= 11 is 0. The van der Waals surface area contributed by atoms with Gasteiger partial charge in [-0.1, -0.05) is 48.4 Å². The molecule has 2 atom stereocenters. The van der Waals surface area contributed by atoms with Crippen molar-refractivity contribution in [3.63, 3.8) is 0 Å². The zero-order valence-electron chi connectivity index (χ0n) is 17.4. The zero-order chi connectivity index (χ0) is 20.4. The van der Waals surface area contributed by atoms with Crippen LogP contribution in [0.25, 0.3) is 0 Å². The molecule has 0 unspecified atom stereocenters. The molecule has 1 rings (SSSR count). The van der Waals surface area contributed by atoms with E-state index in [4.69, 9.17) is 9.47 Å². The van der Waals surface area contributed by atoms with Crippen LogP contribution in [0.2, 0.25) is 0 Å². The number of methoxy groups -OCH3 is 1. The van der Waals surface area contributed by atoms with Gasteiger partial charge in [0.05, 0.1) is 7.11 Å². The molecule has 0 aliphatic rings. The van der Waals surface area contributed by atoms with Crippen LogP contribution in [0.15, 0.2) is 47.6 Å². The molecule has 148 valence electrons. The molecule has 0 amide bonds. The Morgan fingerprint density at radius 1 is 1.11 bits per heavy atom. The monoisotopic (exact) mass is 372 g/mol. The molecule has 1 aromatic carbocycles. The number of allylic oxidation sites excluding steroid dienone is 2. The highest BCUT2D eigenvalue weighted by atomic mass is 16.5. The highest BCUT2D eigenvalue weighted by molar-refractivity contribution is 5.88. The van der Waals surface area contributed by atoms with Crippen LogP contribution in [-0.2, 0) is 19.1 Å². The van der Waals surface area contributed by atoms with Crippen LogP contribution in [0.5, 0.6) is 0 Å². The molecule has 1 aromatic rings. The quantitative estimate of drug-likeness (QED) is 0.337.